The molecule has 210 valence electrons. The molecule has 0 aliphatic carbocycles. The summed E-state index contributed by atoms with van der Waals surface area (Å²) in [7, 11) is 4.14. The molecule has 1 aromatic rings. The fraction of sp³-hybridized carbons (Fsp3) is 0.714. The molecule has 0 saturated carbocycles. The van der Waals surface area contributed by atoms with Crippen LogP contribution in [-0.2, 0) is 4.74 Å². The van der Waals surface area contributed by atoms with Crippen molar-refractivity contribution in [2.24, 2.45) is 5.41 Å². The van der Waals surface area contributed by atoms with Crippen molar-refractivity contribution in [2.45, 2.75) is 110 Å². The molecule has 0 unspecified atom stereocenters. The Kier molecular flexibility index (Phi) is 90.2. The Bertz CT molecular complexity index is 419. The number of terminal acetylenes is 1. The molecule has 0 spiro atoms. The van der Waals surface area contributed by atoms with E-state index in [1.165, 1.54) is 5.56 Å². The highest BCUT2D eigenvalue weighted by Crippen LogP contribution is 2.08. The molecule has 0 radical (unpaired) electrons. The second-order valence-electron chi connectivity index (χ2n) is 7.12. The van der Waals surface area contributed by atoms with Gasteiger partial charge in [-0.05, 0) is 33.1 Å². The molecule has 0 aliphatic rings. The first-order valence-corrected chi connectivity index (χ1v) is 11.2. The molecular formula is C28H61F2NO3. The van der Waals surface area contributed by atoms with Crippen molar-refractivity contribution >= 4 is 0 Å². The summed E-state index contributed by atoms with van der Waals surface area (Å²) in [4.78, 5) is 8.31. The van der Waals surface area contributed by atoms with E-state index < -0.39 is 10.8 Å². The minimum atomic E-state index is -2.50. The first-order chi connectivity index (χ1) is 15.0. The van der Waals surface area contributed by atoms with Gasteiger partial charge >= 0.3 is 0 Å². The molecule has 6 heteroatoms. The molecule has 34 heavy (non-hydrogen) atoms. The fourth-order valence-corrected chi connectivity index (χ4v) is 0.534. The van der Waals surface area contributed by atoms with Crippen LogP contribution >= 0.6 is 0 Å². The third-order valence-corrected chi connectivity index (χ3v) is 0.940. The van der Waals surface area contributed by atoms with E-state index in [1.807, 2.05) is 59.7 Å². The van der Waals surface area contributed by atoms with Crippen LogP contribution in [0.4, 0.5) is 8.78 Å². The Hall–Kier alpha value is -2.00. The molecule has 0 fully saturated rings. The predicted molar refractivity (Wildman–Crippen MR) is 154 cm³/mol. The van der Waals surface area contributed by atoms with Crippen LogP contribution in [0.1, 0.15) is 103 Å². The average molecular weight is 498 g/mol. The standard InChI is InChI=1S/C7H8.C5H12.C3H6F2.C3H4.C2H6O.3C2H6.CH3NO2.CH4/c1-7-5-3-2-4-6-7;1-5(2,3)4;1-3(2,4)5;2*1-3-2;3*1-2;1-2(3)4;/h2-6H,1H3;1-4H3;1-2H3;1H,2H3;1-2H3;3*1-2H3;1H3;1H4. The smallest absolute Gasteiger partial charge is 0.242 e. The first-order valence-electron chi connectivity index (χ1n) is 11.2. The number of benzene rings is 1. The van der Waals surface area contributed by atoms with Crippen LogP contribution in [0.3, 0.4) is 0 Å². The summed E-state index contributed by atoms with van der Waals surface area (Å²) in [5.74, 6) is -0.250. The third kappa shape index (κ3) is 701. The number of hydrogen-bond donors (Lipinski definition) is 0. The molecular weight excluding hydrogens is 436 g/mol. The summed E-state index contributed by atoms with van der Waals surface area (Å²) in [5.41, 5.74) is 1.82. The number of hydrogen-bond acceptors (Lipinski definition) is 3. The molecule has 0 saturated heterocycles. The second kappa shape index (κ2) is 52.7. The molecule has 0 N–H and O–H groups in total. The van der Waals surface area contributed by atoms with Gasteiger partial charge in [0.2, 0.25) is 5.92 Å². The highest BCUT2D eigenvalue weighted by molar-refractivity contribution is 5.11. The van der Waals surface area contributed by atoms with Crippen molar-refractivity contribution < 1.29 is 18.4 Å². The number of methoxy groups -OCH3 is 1. The maximum absolute atomic E-state index is 11.0. The number of alkyl halides is 2. The van der Waals surface area contributed by atoms with Crippen LogP contribution in [0.15, 0.2) is 30.3 Å². The van der Waals surface area contributed by atoms with E-state index >= 15 is 0 Å². The van der Waals surface area contributed by atoms with Gasteiger partial charge in [-0.1, -0.05) is 113 Å². The van der Waals surface area contributed by atoms with Gasteiger partial charge in [0.1, 0.15) is 0 Å². The van der Waals surface area contributed by atoms with Crippen molar-refractivity contribution in [1.29, 1.82) is 0 Å². The second-order valence-corrected chi connectivity index (χ2v) is 7.12. The van der Waals surface area contributed by atoms with E-state index in [4.69, 9.17) is 10.1 Å². The number of nitrogens with zero attached hydrogens (tertiary/aromatic N) is 1. The van der Waals surface area contributed by atoms with Crippen molar-refractivity contribution in [3.05, 3.63) is 46.0 Å². The lowest BCUT2D eigenvalue weighted by Gasteiger charge is -2.05. The SMILES string of the molecule is C.C#CC.CC.CC.CC.CC(C)(C)C.CC(C)(F)F.COC.C[N+](=O)[O-].Cc1ccccc1. The van der Waals surface area contributed by atoms with E-state index in [0.717, 1.165) is 20.9 Å². The first kappa shape index (κ1) is 58.1. The number of aryl methyl sites for hydroxylation is 1. The van der Waals surface area contributed by atoms with Crippen LogP contribution in [-0.4, -0.2) is 32.1 Å². The van der Waals surface area contributed by atoms with Crippen molar-refractivity contribution in [1.82, 2.24) is 0 Å². The van der Waals surface area contributed by atoms with E-state index in [2.05, 4.69) is 63.8 Å². The Balaban J connectivity index is -0.0000000306. The number of ether oxygens (including phenoxy) is 1. The van der Waals surface area contributed by atoms with Crippen molar-refractivity contribution in [2.75, 3.05) is 21.3 Å². The summed E-state index contributed by atoms with van der Waals surface area (Å²) in [5, 5.41) is 8.81. The number of nitro groups is 1. The monoisotopic (exact) mass is 497 g/mol. The molecule has 4 nitrogen and oxygen atoms in total. The quantitative estimate of drug-likeness (QED) is 0.203. The van der Waals surface area contributed by atoms with Gasteiger partial charge in [0.25, 0.3) is 0 Å². The Morgan fingerprint density at radius 1 is 0.882 bits per heavy atom. The summed E-state index contributed by atoms with van der Waals surface area (Å²) in [6.07, 6.45) is 4.60. The van der Waals surface area contributed by atoms with Gasteiger partial charge in [-0.3, -0.25) is 10.1 Å². The van der Waals surface area contributed by atoms with Crippen LogP contribution in [0.2, 0.25) is 0 Å². The Morgan fingerprint density at radius 2 is 1.00 bits per heavy atom. The largest absolute Gasteiger partial charge is 0.388 e. The summed E-state index contributed by atoms with van der Waals surface area (Å²) >= 11 is 0. The van der Waals surface area contributed by atoms with Gasteiger partial charge < -0.3 is 4.74 Å². The molecule has 1 rings (SSSR count). The molecule has 1 aromatic carbocycles. The van der Waals surface area contributed by atoms with Crippen LogP contribution in [0.25, 0.3) is 0 Å². The zero-order valence-electron chi connectivity index (χ0n) is 24.9. The van der Waals surface area contributed by atoms with Gasteiger partial charge in [0, 0.05) is 19.1 Å². The lowest BCUT2D eigenvalue weighted by atomic mass is 10.0. The maximum atomic E-state index is 11.0. The zero-order chi connectivity index (χ0) is 29.1. The van der Waals surface area contributed by atoms with E-state index in [9.17, 15) is 8.78 Å². The number of halogens is 2. The van der Waals surface area contributed by atoms with Crippen molar-refractivity contribution in [3.63, 3.8) is 0 Å². The van der Waals surface area contributed by atoms with Gasteiger partial charge in [0.15, 0.2) is 7.05 Å². The topological polar surface area (TPSA) is 52.4 Å². The predicted octanol–water partition coefficient (Wildman–Crippen LogP) is 10.2. The lowest BCUT2D eigenvalue weighted by molar-refractivity contribution is -0.445. The summed E-state index contributed by atoms with van der Waals surface area (Å²) < 4.78 is 26.3. The highest BCUT2D eigenvalue weighted by Gasteiger charge is 2.08. The van der Waals surface area contributed by atoms with E-state index in [1.54, 1.807) is 21.1 Å². The molecule has 0 atom stereocenters. The lowest BCUT2D eigenvalue weighted by Crippen LogP contribution is -1.98. The van der Waals surface area contributed by atoms with Crippen LogP contribution < -0.4 is 0 Å². The van der Waals surface area contributed by atoms with Crippen LogP contribution in [0, 0.1) is 34.8 Å². The van der Waals surface area contributed by atoms with Gasteiger partial charge in [0.05, 0.1) is 0 Å². The van der Waals surface area contributed by atoms with Gasteiger partial charge in [-0.2, -0.15) is 0 Å². The van der Waals surface area contributed by atoms with E-state index in [-0.39, 0.29) is 7.43 Å². The van der Waals surface area contributed by atoms with Gasteiger partial charge in [-0.25, -0.2) is 8.78 Å². The van der Waals surface area contributed by atoms with Crippen LogP contribution in [0.5, 0.6) is 0 Å². The van der Waals surface area contributed by atoms with Crippen molar-refractivity contribution in [3.8, 4) is 12.3 Å². The molecule has 0 aromatic heterocycles. The minimum Gasteiger partial charge on any atom is -0.388 e. The summed E-state index contributed by atoms with van der Waals surface area (Å²) in [6, 6.07) is 10.3. The number of rotatable bonds is 0. The Labute approximate surface area is 214 Å². The third-order valence-electron chi connectivity index (χ3n) is 0.940. The maximum Gasteiger partial charge on any atom is 0.242 e. The Morgan fingerprint density at radius 3 is 1.06 bits per heavy atom. The van der Waals surface area contributed by atoms with Gasteiger partial charge in [-0.15, -0.1) is 12.3 Å². The highest BCUT2D eigenvalue weighted by atomic mass is 19.3. The average Bonchev–Trinajstić information content (AvgIpc) is 2.65. The molecule has 0 heterocycles. The fourth-order valence-electron chi connectivity index (χ4n) is 0.534. The zero-order valence-corrected chi connectivity index (χ0v) is 24.9. The normalized spacial score (nSPS) is 7.35. The minimum absolute atomic E-state index is 0. The molecule has 0 amide bonds. The molecule has 0 bridgehead atoms. The summed E-state index contributed by atoms with van der Waals surface area (Å²) in [6.45, 7) is 26.2. The molecule has 0 aliphatic heterocycles. The van der Waals surface area contributed by atoms with E-state index in [0.29, 0.717) is 5.41 Å².